The third kappa shape index (κ3) is 5.29. The molecule has 0 N–H and O–H groups in total. The molecule has 126 valence electrons. The Hall–Kier alpha value is -3.46. The van der Waals surface area contributed by atoms with E-state index in [0.717, 1.165) is 6.08 Å². The molecular weight excluding hydrogens is 323 g/mol. The molecule has 0 radical (unpaired) electrons. The SMILES string of the molecule is N#CCN(C(=O)COC(=O)/C=C/c1ccccc1F)c1ccccc1. The number of carbonyl (C=O) groups excluding carboxylic acids is 2. The Kier molecular flexibility index (Phi) is 6.43. The summed E-state index contributed by atoms with van der Waals surface area (Å²) in [4.78, 5) is 25.1. The topological polar surface area (TPSA) is 70.4 Å². The van der Waals surface area contributed by atoms with Crippen LogP contribution in [0.3, 0.4) is 0 Å². The second-order valence-corrected chi connectivity index (χ2v) is 4.94. The van der Waals surface area contributed by atoms with Gasteiger partial charge in [0, 0.05) is 17.3 Å². The number of benzene rings is 2. The lowest BCUT2D eigenvalue weighted by Gasteiger charge is -2.19. The fourth-order valence-corrected chi connectivity index (χ4v) is 2.03. The molecule has 0 aliphatic rings. The van der Waals surface area contributed by atoms with Crippen LogP contribution in [0.25, 0.3) is 6.08 Å². The highest BCUT2D eigenvalue weighted by atomic mass is 19.1. The summed E-state index contributed by atoms with van der Waals surface area (Å²) in [5.41, 5.74) is 0.771. The van der Waals surface area contributed by atoms with Gasteiger partial charge in [0.2, 0.25) is 0 Å². The highest BCUT2D eigenvalue weighted by molar-refractivity contribution is 5.96. The molecule has 2 aromatic carbocycles. The summed E-state index contributed by atoms with van der Waals surface area (Å²) in [6.45, 7) is -0.678. The lowest BCUT2D eigenvalue weighted by Crippen LogP contribution is -2.34. The minimum atomic E-state index is -0.776. The van der Waals surface area contributed by atoms with E-state index in [9.17, 15) is 14.0 Å². The van der Waals surface area contributed by atoms with E-state index in [1.54, 1.807) is 36.4 Å². The van der Waals surface area contributed by atoms with Crippen LogP contribution in [-0.2, 0) is 14.3 Å². The number of carbonyl (C=O) groups is 2. The Morgan fingerprint density at radius 2 is 1.80 bits per heavy atom. The first kappa shape index (κ1) is 17.9. The number of ether oxygens (including phenoxy) is 1. The Morgan fingerprint density at radius 3 is 2.48 bits per heavy atom. The molecule has 0 fully saturated rings. The maximum absolute atomic E-state index is 13.4. The smallest absolute Gasteiger partial charge is 0.331 e. The van der Waals surface area contributed by atoms with Gasteiger partial charge in [0.1, 0.15) is 12.4 Å². The molecule has 5 nitrogen and oxygen atoms in total. The molecule has 0 aromatic heterocycles. The van der Waals surface area contributed by atoms with Crippen molar-refractivity contribution in [3.05, 3.63) is 72.1 Å². The quantitative estimate of drug-likeness (QED) is 0.461. The van der Waals surface area contributed by atoms with Gasteiger partial charge < -0.3 is 4.74 Å². The molecule has 0 aliphatic heterocycles. The van der Waals surface area contributed by atoms with Gasteiger partial charge in [-0.1, -0.05) is 36.4 Å². The number of anilines is 1. The van der Waals surface area contributed by atoms with Crippen molar-refractivity contribution in [3.8, 4) is 6.07 Å². The zero-order valence-electron chi connectivity index (χ0n) is 13.3. The van der Waals surface area contributed by atoms with Gasteiger partial charge in [-0.25, -0.2) is 9.18 Å². The van der Waals surface area contributed by atoms with Crippen molar-refractivity contribution in [2.45, 2.75) is 0 Å². The maximum atomic E-state index is 13.4. The van der Waals surface area contributed by atoms with Crippen LogP contribution in [0.15, 0.2) is 60.7 Å². The molecule has 2 aromatic rings. The van der Waals surface area contributed by atoms with E-state index < -0.39 is 24.3 Å². The van der Waals surface area contributed by atoms with Crippen LogP contribution in [0.1, 0.15) is 5.56 Å². The van der Waals surface area contributed by atoms with E-state index in [2.05, 4.69) is 0 Å². The molecule has 0 saturated heterocycles. The van der Waals surface area contributed by atoms with Gasteiger partial charge in [-0.2, -0.15) is 5.26 Å². The largest absolute Gasteiger partial charge is 0.452 e. The molecular formula is C19H15FN2O3. The molecule has 0 bridgehead atoms. The van der Waals surface area contributed by atoms with Crippen molar-refractivity contribution < 1.29 is 18.7 Å². The third-order valence-corrected chi connectivity index (χ3v) is 3.24. The average molecular weight is 338 g/mol. The van der Waals surface area contributed by atoms with Crippen LogP contribution >= 0.6 is 0 Å². The molecule has 1 amide bonds. The molecule has 0 aliphatic carbocycles. The van der Waals surface area contributed by atoms with Crippen LogP contribution in [0.5, 0.6) is 0 Å². The van der Waals surface area contributed by atoms with E-state index in [-0.39, 0.29) is 12.1 Å². The highest BCUT2D eigenvalue weighted by Crippen LogP contribution is 2.13. The molecule has 6 heteroatoms. The first-order chi connectivity index (χ1) is 12.1. The number of halogens is 1. The van der Waals surface area contributed by atoms with Crippen molar-refractivity contribution in [1.29, 1.82) is 5.26 Å². The molecule has 25 heavy (non-hydrogen) atoms. The van der Waals surface area contributed by atoms with E-state index in [1.807, 2.05) is 6.07 Å². The second kappa shape index (κ2) is 8.99. The Morgan fingerprint density at radius 1 is 1.12 bits per heavy atom. The van der Waals surface area contributed by atoms with Gasteiger partial charge in [0.15, 0.2) is 6.61 Å². The zero-order chi connectivity index (χ0) is 18.1. The Balaban J connectivity index is 1.95. The summed E-state index contributed by atoms with van der Waals surface area (Å²) in [6.07, 6.45) is 2.31. The van der Waals surface area contributed by atoms with Crippen LogP contribution in [0.2, 0.25) is 0 Å². The highest BCUT2D eigenvalue weighted by Gasteiger charge is 2.16. The Bertz CT molecular complexity index is 813. The lowest BCUT2D eigenvalue weighted by atomic mass is 10.2. The normalized spacial score (nSPS) is 10.2. The predicted molar refractivity (Wildman–Crippen MR) is 90.8 cm³/mol. The molecule has 0 unspecified atom stereocenters. The number of nitrogens with zero attached hydrogens (tertiary/aromatic N) is 2. The van der Waals surface area contributed by atoms with Gasteiger partial charge in [0.05, 0.1) is 6.07 Å². The zero-order valence-corrected chi connectivity index (χ0v) is 13.3. The van der Waals surface area contributed by atoms with Gasteiger partial charge in [-0.15, -0.1) is 0 Å². The molecule has 0 saturated carbocycles. The number of nitriles is 1. The van der Waals surface area contributed by atoms with Crippen LogP contribution in [0, 0.1) is 17.1 Å². The van der Waals surface area contributed by atoms with Crippen molar-refractivity contribution in [2.24, 2.45) is 0 Å². The summed E-state index contributed by atoms with van der Waals surface area (Å²) in [5, 5.41) is 8.86. The Labute approximate surface area is 144 Å². The fourth-order valence-electron chi connectivity index (χ4n) is 2.03. The van der Waals surface area contributed by atoms with E-state index in [0.29, 0.717) is 5.69 Å². The van der Waals surface area contributed by atoms with Crippen LogP contribution in [-0.4, -0.2) is 25.0 Å². The summed E-state index contributed by atoms with van der Waals surface area (Å²) in [7, 11) is 0. The van der Waals surface area contributed by atoms with Gasteiger partial charge in [-0.05, 0) is 24.3 Å². The number of rotatable bonds is 6. The fraction of sp³-hybridized carbons (Fsp3) is 0.105. The van der Waals surface area contributed by atoms with Crippen LogP contribution < -0.4 is 4.90 Å². The first-order valence-corrected chi connectivity index (χ1v) is 7.43. The molecule has 0 atom stereocenters. The molecule has 0 heterocycles. The number of para-hydroxylation sites is 1. The predicted octanol–water partition coefficient (Wildman–Crippen LogP) is 2.94. The summed E-state index contributed by atoms with van der Waals surface area (Å²) >= 11 is 0. The van der Waals surface area contributed by atoms with Crippen LogP contribution in [0.4, 0.5) is 10.1 Å². The summed E-state index contributed by atoms with van der Waals surface area (Å²) in [5.74, 6) is -1.77. The monoisotopic (exact) mass is 338 g/mol. The minimum Gasteiger partial charge on any atom is -0.452 e. The number of amides is 1. The van der Waals surface area contributed by atoms with Crippen molar-refractivity contribution >= 4 is 23.6 Å². The first-order valence-electron chi connectivity index (χ1n) is 7.43. The van der Waals surface area contributed by atoms with Crippen molar-refractivity contribution in [2.75, 3.05) is 18.1 Å². The van der Waals surface area contributed by atoms with Gasteiger partial charge in [-0.3, -0.25) is 9.69 Å². The molecule has 0 spiro atoms. The third-order valence-electron chi connectivity index (χ3n) is 3.24. The van der Waals surface area contributed by atoms with Gasteiger partial charge in [0.25, 0.3) is 5.91 Å². The molecule has 2 rings (SSSR count). The van der Waals surface area contributed by atoms with E-state index in [4.69, 9.17) is 10.00 Å². The maximum Gasteiger partial charge on any atom is 0.331 e. The summed E-state index contributed by atoms with van der Waals surface area (Å²) < 4.78 is 18.3. The standard InChI is InChI=1S/C19H15FN2O3/c20-17-9-5-4-6-15(17)10-11-19(24)25-14-18(23)22(13-12-21)16-7-2-1-3-8-16/h1-11H,13-14H2/b11-10+. The number of hydrogen-bond acceptors (Lipinski definition) is 4. The van der Waals surface area contributed by atoms with Crippen molar-refractivity contribution in [3.63, 3.8) is 0 Å². The van der Waals surface area contributed by atoms with Crippen molar-refractivity contribution in [1.82, 2.24) is 0 Å². The number of hydrogen-bond donors (Lipinski definition) is 0. The second-order valence-electron chi connectivity index (χ2n) is 4.94. The lowest BCUT2D eigenvalue weighted by molar-refractivity contribution is -0.142. The van der Waals surface area contributed by atoms with E-state index >= 15 is 0 Å². The summed E-state index contributed by atoms with van der Waals surface area (Å²) in [6, 6.07) is 16.5. The minimum absolute atomic E-state index is 0.161. The van der Waals surface area contributed by atoms with Gasteiger partial charge >= 0.3 is 5.97 Å². The number of esters is 1. The average Bonchev–Trinajstić information content (AvgIpc) is 2.64. The van der Waals surface area contributed by atoms with E-state index in [1.165, 1.54) is 29.2 Å².